The van der Waals surface area contributed by atoms with E-state index in [1.807, 2.05) is 23.1 Å². The molecular formula is C18H19ClN2O5S. The Bertz CT molecular complexity index is 978. The number of nitrogens with zero attached hydrogens (tertiary/aromatic N) is 1. The molecular weight excluding hydrogens is 392 g/mol. The second-order valence-electron chi connectivity index (χ2n) is 6.32. The van der Waals surface area contributed by atoms with E-state index in [-0.39, 0.29) is 34.9 Å². The lowest BCUT2D eigenvalue weighted by molar-refractivity contribution is -0.117. The van der Waals surface area contributed by atoms with Gasteiger partial charge < -0.3 is 14.8 Å². The van der Waals surface area contributed by atoms with Gasteiger partial charge in [-0.3, -0.25) is 9.69 Å². The molecule has 1 heterocycles. The molecule has 1 N–H and O–H groups in total. The van der Waals surface area contributed by atoms with Gasteiger partial charge in [-0.1, -0.05) is 17.7 Å². The highest BCUT2D eigenvalue weighted by molar-refractivity contribution is 7.90. The predicted octanol–water partition coefficient (Wildman–Crippen LogP) is 2.54. The average Bonchev–Trinajstić information content (AvgIpc) is 3.03. The second kappa shape index (κ2) is 7.75. The van der Waals surface area contributed by atoms with Crippen molar-refractivity contribution in [3.8, 4) is 11.5 Å². The number of amides is 1. The number of sulfone groups is 1. The Hall–Kier alpha value is -2.29. The van der Waals surface area contributed by atoms with Crippen molar-refractivity contribution in [1.82, 2.24) is 4.90 Å². The van der Waals surface area contributed by atoms with Crippen LogP contribution < -0.4 is 14.8 Å². The zero-order valence-electron chi connectivity index (χ0n) is 14.9. The summed E-state index contributed by atoms with van der Waals surface area (Å²) < 4.78 is 33.9. The summed E-state index contributed by atoms with van der Waals surface area (Å²) in [5.74, 6) is 1.10. The van der Waals surface area contributed by atoms with E-state index in [9.17, 15) is 13.2 Å². The van der Waals surface area contributed by atoms with Gasteiger partial charge in [-0.15, -0.1) is 0 Å². The van der Waals surface area contributed by atoms with Crippen molar-refractivity contribution < 1.29 is 22.7 Å². The topological polar surface area (TPSA) is 84.9 Å². The van der Waals surface area contributed by atoms with Gasteiger partial charge in [0.15, 0.2) is 21.3 Å². The highest BCUT2D eigenvalue weighted by Crippen LogP contribution is 2.32. The van der Waals surface area contributed by atoms with Gasteiger partial charge in [0.05, 0.1) is 22.2 Å². The van der Waals surface area contributed by atoms with Gasteiger partial charge in [-0.05, 0) is 42.9 Å². The molecule has 7 nitrogen and oxygen atoms in total. The number of halogens is 1. The molecule has 0 spiro atoms. The first-order valence-corrected chi connectivity index (χ1v) is 10.4. The van der Waals surface area contributed by atoms with Crippen LogP contribution in [0.15, 0.2) is 41.3 Å². The van der Waals surface area contributed by atoms with Crippen molar-refractivity contribution in [2.45, 2.75) is 11.4 Å². The van der Waals surface area contributed by atoms with Crippen molar-refractivity contribution in [2.24, 2.45) is 0 Å². The molecule has 0 saturated heterocycles. The summed E-state index contributed by atoms with van der Waals surface area (Å²) in [6.45, 7) is 0.847. The Kier molecular flexibility index (Phi) is 5.59. The van der Waals surface area contributed by atoms with E-state index in [1.165, 1.54) is 18.2 Å². The maximum Gasteiger partial charge on any atom is 0.238 e. The Morgan fingerprint density at radius 3 is 2.67 bits per heavy atom. The zero-order chi connectivity index (χ0) is 19.6. The average molecular weight is 411 g/mol. The van der Waals surface area contributed by atoms with Crippen molar-refractivity contribution in [3.05, 3.63) is 47.0 Å². The van der Waals surface area contributed by atoms with Crippen LogP contribution in [0.3, 0.4) is 0 Å². The number of benzene rings is 2. The number of carbonyl (C=O) groups excluding carboxylic acids is 1. The largest absolute Gasteiger partial charge is 0.454 e. The van der Waals surface area contributed by atoms with Gasteiger partial charge in [0.1, 0.15) is 0 Å². The molecule has 0 aromatic heterocycles. The SMILES string of the molecule is CN(CC(=O)Nc1cc(S(C)(=O)=O)ccc1Cl)Cc1ccc2c(c1)OCO2. The van der Waals surface area contributed by atoms with Gasteiger partial charge in [0, 0.05) is 12.8 Å². The number of carbonyl (C=O) groups is 1. The molecule has 0 aliphatic carbocycles. The summed E-state index contributed by atoms with van der Waals surface area (Å²) in [5, 5.41) is 2.93. The summed E-state index contributed by atoms with van der Waals surface area (Å²) in [6, 6.07) is 9.83. The monoisotopic (exact) mass is 410 g/mol. The third kappa shape index (κ3) is 4.91. The first-order chi connectivity index (χ1) is 12.7. The number of rotatable bonds is 6. The first-order valence-electron chi connectivity index (χ1n) is 8.09. The molecule has 0 bridgehead atoms. The van der Waals surface area contributed by atoms with Crippen LogP contribution >= 0.6 is 11.6 Å². The predicted molar refractivity (Wildman–Crippen MR) is 102 cm³/mol. The number of ether oxygens (including phenoxy) is 2. The van der Waals surface area contributed by atoms with Crippen LogP contribution in [0.1, 0.15) is 5.56 Å². The minimum atomic E-state index is -3.39. The van der Waals surface area contributed by atoms with Gasteiger partial charge >= 0.3 is 0 Å². The standard InChI is InChI=1S/C18H19ClN2O5S/c1-21(9-12-3-6-16-17(7-12)26-11-25-16)10-18(22)20-15-8-13(27(2,23)24)4-5-14(15)19/h3-8H,9-11H2,1-2H3,(H,20,22). The molecule has 27 heavy (non-hydrogen) atoms. The van der Waals surface area contributed by atoms with Crippen LogP contribution in [-0.2, 0) is 21.2 Å². The molecule has 1 aliphatic rings. The minimum absolute atomic E-state index is 0.0934. The van der Waals surface area contributed by atoms with Gasteiger partial charge in [0.25, 0.3) is 0 Å². The highest BCUT2D eigenvalue weighted by atomic mass is 35.5. The van der Waals surface area contributed by atoms with Crippen LogP contribution in [-0.4, -0.2) is 45.9 Å². The number of hydrogen-bond donors (Lipinski definition) is 1. The Labute approximate surface area is 162 Å². The molecule has 0 radical (unpaired) electrons. The molecule has 2 aromatic carbocycles. The molecule has 144 valence electrons. The maximum absolute atomic E-state index is 12.3. The lowest BCUT2D eigenvalue weighted by Crippen LogP contribution is -2.30. The molecule has 9 heteroatoms. The number of nitrogens with one attached hydrogen (secondary N) is 1. The van der Waals surface area contributed by atoms with Crippen LogP contribution in [0.25, 0.3) is 0 Å². The highest BCUT2D eigenvalue weighted by Gasteiger charge is 2.16. The molecule has 1 amide bonds. The van der Waals surface area contributed by atoms with E-state index in [2.05, 4.69) is 5.32 Å². The molecule has 0 fully saturated rings. The number of anilines is 1. The van der Waals surface area contributed by atoms with E-state index < -0.39 is 9.84 Å². The molecule has 3 rings (SSSR count). The summed E-state index contributed by atoms with van der Waals surface area (Å²) in [5.41, 5.74) is 1.24. The van der Waals surface area contributed by atoms with Crippen LogP contribution in [0.4, 0.5) is 5.69 Å². The number of fused-ring (bicyclic) bond motifs is 1. The Morgan fingerprint density at radius 2 is 1.93 bits per heavy atom. The van der Waals surface area contributed by atoms with Crippen molar-refractivity contribution in [1.29, 1.82) is 0 Å². The van der Waals surface area contributed by atoms with E-state index >= 15 is 0 Å². The third-order valence-electron chi connectivity index (χ3n) is 3.94. The maximum atomic E-state index is 12.3. The molecule has 2 aromatic rings. The van der Waals surface area contributed by atoms with E-state index in [4.69, 9.17) is 21.1 Å². The van der Waals surface area contributed by atoms with E-state index in [1.54, 1.807) is 7.05 Å². The third-order valence-corrected chi connectivity index (χ3v) is 5.38. The van der Waals surface area contributed by atoms with Gasteiger partial charge in [-0.25, -0.2) is 8.42 Å². The minimum Gasteiger partial charge on any atom is -0.454 e. The van der Waals surface area contributed by atoms with Crippen molar-refractivity contribution in [3.63, 3.8) is 0 Å². The summed E-state index contributed by atoms with van der Waals surface area (Å²) in [6.07, 6.45) is 1.10. The van der Waals surface area contributed by atoms with E-state index in [0.29, 0.717) is 18.0 Å². The summed E-state index contributed by atoms with van der Waals surface area (Å²) in [4.78, 5) is 14.2. The molecule has 0 unspecified atom stereocenters. The summed E-state index contributed by atoms with van der Waals surface area (Å²) in [7, 11) is -1.58. The normalized spacial score (nSPS) is 13.0. The zero-order valence-corrected chi connectivity index (χ0v) is 16.4. The Balaban J connectivity index is 1.62. The fourth-order valence-corrected chi connectivity index (χ4v) is 3.48. The fourth-order valence-electron chi connectivity index (χ4n) is 2.67. The van der Waals surface area contributed by atoms with Crippen molar-refractivity contribution >= 4 is 33.0 Å². The lowest BCUT2D eigenvalue weighted by Gasteiger charge is -2.17. The van der Waals surface area contributed by atoms with Crippen LogP contribution in [0.5, 0.6) is 11.5 Å². The lowest BCUT2D eigenvalue weighted by atomic mass is 10.2. The van der Waals surface area contributed by atoms with E-state index in [0.717, 1.165) is 11.8 Å². The van der Waals surface area contributed by atoms with Crippen LogP contribution in [0.2, 0.25) is 5.02 Å². The van der Waals surface area contributed by atoms with Crippen molar-refractivity contribution in [2.75, 3.05) is 32.0 Å². The first kappa shape index (κ1) is 19.5. The molecule has 0 atom stereocenters. The van der Waals surface area contributed by atoms with Crippen LogP contribution in [0, 0.1) is 0 Å². The second-order valence-corrected chi connectivity index (χ2v) is 8.74. The smallest absolute Gasteiger partial charge is 0.238 e. The fraction of sp³-hybridized carbons (Fsp3) is 0.278. The molecule has 1 aliphatic heterocycles. The Morgan fingerprint density at radius 1 is 1.19 bits per heavy atom. The van der Waals surface area contributed by atoms with Gasteiger partial charge in [-0.2, -0.15) is 0 Å². The van der Waals surface area contributed by atoms with Gasteiger partial charge in [0.2, 0.25) is 12.7 Å². The quantitative estimate of drug-likeness (QED) is 0.787. The molecule has 0 saturated carbocycles. The number of likely N-dealkylation sites (N-methyl/N-ethyl adjacent to an activating group) is 1. The summed E-state index contributed by atoms with van der Waals surface area (Å²) >= 11 is 6.06. The number of hydrogen-bond acceptors (Lipinski definition) is 6.